The molecule has 0 amide bonds. The molecule has 4 aliphatic rings. The van der Waals surface area contributed by atoms with E-state index in [0.717, 1.165) is 61.0 Å². The Hall–Kier alpha value is -2.23. The highest BCUT2D eigenvalue weighted by Crippen LogP contribution is 2.55. The number of fused-ring (bicyclic) bond motifs is 3. The lowest BCUT2D eigenvalue weighted by Crippen LogP contribution is -2.49. The largest absolute Gasteiger partial charge is 0.497 e. The van der Waals surface area contributed by atoms with Gasteiger partial charge in [-0.25, -0.2) is 4.79 Å². The summed E-state index contributed by atoms with van der Waals surface area (Å²) in [6.07, 6.45) is 4.62. The zero-order chi connectivity index (χ0) is 25.5. The molecule has 0 aromatic heterocycles. The Bertz CT molecular complexity index is 1070. The van der Waals surface area contributed by atoms with Crippen molar-refractivity contribution in [1.82, 2.24) is 4.90 Å². The maximum atomic E-state index is 13.6. The van der Waals surface area contributed by atoms with Crippen LogP contribution in [-0.4, -0.2) is 71.1 Å². The number of thioether (sulfide) groups is 1. The highest BCUT2D eigenvalue weighted by Gasteiger charge is 2.59. The van der Waals surface area contributed by atoms with Crippen molar-refractivity contribution in [2.45, 2.75) is 75.5 Å². The number of esters is 1. The van der Waals surface area contributed by atoms with E-state index in [1.165, 1.54) is 0 Å². The lowest BCUT2D eigenvalue weighted by molar-refractivity contribution is -0.174. The normalized spacial score (nSPS) is 27.8. The first-order chi connectivity index (χ1) is 17.3. The molecule has 1 N–H and O–H groups in total. The molecule has 5 rings (SSSR count). The van der Waals surface area contributed by atoms with Crippen LogP contribution in [0.25, 0.3) is 0 Å². The summed E-state index contributed by atoms with van der Waals surface area (Å²) in [5.41, 5.74) is -0.0311. The van der Waals surface area contributed by atoms with Gasteiger partial charge in [-0.1, -0.05) is 32.0 Å². The first-order valence-electron chi connectivity index (χ1n) is 12.9. The Labute approximate surface area is 216 Å². The zero-order valence-electron chi connectivity index (χ0n) is 21.2. The van der Waals surface area contributed by atoms with Gasteiger partial charge < -0.3 is 24.1 Å². The van der Waals surface area contributed by atoms with E-state index in [2.05, 4.69) is 11.0 Å². The second kappa shape index (κ2) is 9.91. The Morgan fingerprint density at radius 1 is 1.25 bits per heavy atom. The number of aliphatic hydroxyl groups is 1. The van der Waals surface area contributed by atoms with Crippen LogP contribution in [0.1, 0.15) is 63.0 Å². The molecule has 8 nitrogen and oxygen atoms in total. The Morgan fingerprint density at radius 2 is 2.03 bits per heavy atom. The molecule has 0 unspecified atom stereocenters. The predicted molar refractivity (Wildman–Crippen MR) is 135 cm³/mol. The molecule has 3 heterocycles. The molecular weight excluding hydrogens is 482 g/mol. The Balaban J connectivity index is 1.53. The summed E-state index contributed by atoms with van der Waals surface area (Å²) in [4.78, 5) is 28.5. The maximum Gasteiger partial charge on any atom is 0.339 e. The molecule has 1 spiro atoms. The molecule has 0 radical (unpaired) electrons. The third-order valence-electron chi connectivity index (χ3n) is 7.98. The summed E-state index contributed by atoms with van der Waals surface area (Å²) in [5.74, 6) is 1.60. The van der Waals surface area contributed by atoms with Crippen molar-refractivity contribution in [3.8, 4) is 11.5 Å². The van der Waals surface area contributed by atoms with Gasteiger partial charge in [-0.15, -0.1) is 0 Å². The van der Waals surface area contributed by atoms with Crippen LogP contribution in [-0.2, 0) is 25.5 Å². The van der Waals surface area contributed by atoms with Crippen molar-refractivity contribution < 1.29 is 33.6 Å². The average Bonchev–Trinajstić information content (AvgIpc) is 3.53. The van der Waals surface area contributed by atoms with Crippen LogP contribution in [0.5, 0.6) is 11.5 Å². The van der Waals surface area contributed by atoms with E-state index in [-0.39, 0.29) is 36.2 Å². The van der Waals surface area contributed by atoms with Crippen molar-refractivity contribution in [2.75, 3.05) is 32.7 Å². The third kappa shape index (κ3) is 4.19. The molecule has 1 aromatic carbocycles. The van der Waals surface area contributed by atoms with Crippen LogP contribution in [0.15, 0.2) is 24.0 Å². The molecule has 196 valence electrons. The molecule has 0 saturated carbocycles. The van der Waals surface area contributed by atoms with E-state index in [1.54, 1.807) is 7.11 Å². The van der Waals surface area contributed by atoms with Crippen LogP contribution in [0.3, 0.4) is 0 Å². The third-order valence-corrected chi connectivity index (χ3v) is 8.74. The topological polar surface area (TPSA) is 94.5 Å². The molecule has 1 aliphatic carbocycles. The standard InChI is InChI=1S/C27H35NO7S/c1-4-8-27(31,15-22(29)36-5-2)25(30)35-24-21(32-3)14-26-9-6-10-28(26)11-7-17-12-19-20(34-16-33-19)13-18(17)23(24)26/h12-14,23-24,31H,4-11,15-16H2,1-3H3/t23-,24-,26+,27-/m1/s1. The minimum atomic E-state index is -1.87. The molecular formula is C27H35NO7S. The molecule has 4 atom stereocenters. The van der Waals surface area contributed by atoms with Gasteiger partial charge in [0.2, 0.25) is 6.79 Å². The number of carbonyl (C=O) groups excluding carboxylic acids is 2. The van der Waals surface area contributed by atoms with Gasteiger partial charge in [-0.2, -0.15) is 0 Å². The molecule has 36 heavy (non-hydrogen) atoms. The fourth-order valence-corrected chi connectivity index (χ4v) is 7.11. The quantitative estimate of drug-likeness (QED) is 0.520. The number of hydrogen-bond acceptors (Lipinski definition) is 9. The van der Waals surface area contributed by atoms with Gasteiger partial charge >= 0.3 is 5.97 Å². The minimum Gasteiger partial charge on any atom is -0.497 e. The summed E-state index contributed by atoms with van der Waals surface area (Å²) >= 11 is 1.11. The number of rotatable bonds is 8. The average molecular weight is 518 g/mol. The minimum absolute atomic E-state index is 0.151. The fraction of sp³-hybridized carbons (Fsp3) is 0.630. The molecule has 0 bridgehead atoms. The molecule has 1 aromatic rings. The number of nitrogens with zero attached hydrogens (tertiary/aromatic N) is 1. The fourth-order valence-electron chi connectivity index (χ4n) is 6.45. The first kappa shape index (κ1) is 25.4. The van der Waals surface area contributed by atoms with Crippen molar-refractivity contribution in [1.29, 1.82) is 0 Å². The van der Waals surface area contributed by atoms with Gasteiger partial charge in [0.15, 0.2) is 28.3 Å². The highest BCUT2D eigenvalue weighted by molar-refractivity contribution is 8.13. The smallest absolute Gasteiger partial charge is 0.339 e. The Kier molecular flexibility index (Phi) is 7.00. The van der Waals surface area contributed by atoms with E-state index in [1.807, 2.05) is 26.0 Å². The number of carbonyl (C=O) groups is 2. The summed E-state index contributed by atoms with van der Waals surface area (Å²) in [5, 5.41) is 11.1. The van der Waals surface area contributed by atoms with Crippen molar-refractivity contribution in [3.05, 3.63) is 35.1 Å². The number of hydrogen-bond donors (Lipinski definition) is 1. The van der Waals surface area contributed by atoms with Gasteiger partial charge in [0.25, 0.3) is 0 Å². The van der Waals surface area contributed by atoms with Crippen LogP contribution < -0.4 is 9.47 Å². The van der Waals surface area contributed by atoms with Crippen LogP contribution in [0.4, 0.5) is 0 Å². The zero-order valence-corrected chi connectivity index (χ0v) is 22.0. The number of methoxy groups -OCH3 is 1. The van der Waals surface area contributed by atoms with Gasteiger partial charge in [0, 0.05) is 6.54 Å². The lowest BCUT2D eigenvalue weighted by Gasteiger charge is -2.39. The maximum absolute atomic E-state index is 13.6. The van der Waals surface area contributed by atoms with E-state index >= 15 is 0 Å². The van der Waals surface area contributed by atoms with E-state index in [9.17, 15) is 14.7 Å². The SMILES string of the molecule is CCC[C@@](O)(CC(=O)SCC)C(=O)O[C@@H]1C(OC)=C[C@]23CCCN2CCc2cc4c(cc2[C@H]13)OCO4. The lowest BCUT2D eigenvalue weighted by atomic mass is 9.77. The summed E-state index contributed by atoms with van der Waals surface area (Å²) in [6, 6.07) is 4.07. The molecule has 1 saturated heterocycles. The molecule has 9 heteroatoms. The second-order valence-electron chi connectivity index (χ2n) is 10.1. The van der Waals surface area contributed by atoms with Gasteiger partial charge in [0.05, 0.1) is 25.0 Å². The number of ether oxygens (including phenoxy) is 4. The highest BCUT2D eigenvalue weighted by atomic mass is 32.2. The molecule has 1 fully saturated rings. The van der Waals surface area contributed by atoms with E-state index in [4.69, 9.17) is 18.9 Å². The van der Waals surface area contributed by atoms with Crippen molar-refractivity contribution in [2.24, 2.45) is 0 Å². The van der Waals surface area contributed by atoms with Gasteiger partial charge in [0.1, 0.15) is 5.76 Å². The van der Waals surface area contributed by atoms with Crippen LogP contribution in [0.2, 0.25) is 0 Å². The summed E-state index contributed by atoms with van der Waals surface area (Å²) in [6.45, 7) is 5.76. The van der Waals surface area contributed by atoms with E-state index in [0.29, 0.717) is 23.7 Å². The monoisotopic (exact) mass is 517 g/mol. The summed E-state index contributed by atoms with van der Waals surface area (Å²) < 4.78 is 23.3. The van der Waals surface area contributed by atoms with Gasteiger partial charge in [-0.3, -0.25) is 9.69 Å². The van der Waals surface area contributed by atoms with Crippen molar-refractivity contribution >= 4 is 22.8 Å². The predicted octanol–water partition coefficient (Wildman–Crippen LogP) is 3.55. The van der Waals surface area contributed by atoms with Crippen LogP contribution in [0, 0.1) is 0 Å². The van der Waals surface area contributed by atoms with Gasteiger partial charge in [-0.05, 0) is 67.3 Å². The molecule has 3 aliphatic heterocycles. The Morgan fingerprint density at radius 3 is 2.75 bits per heavy atom. The second-order valence-corrected chi connectivity index (χ2v) is 11.4. The van der Waals surface area contributed by atoms with E-state index < -0.39 is 17.7 Å². The summed E-state index contributed by atoms with van der Waals surface area (Å²) in [7, 11) is 1.59. The van der Waals surface area contributed by atoms with Crippen LogP contribution >= 0.6 is 11.8 Å². The first-order valence-corrected chi connectivity index (χ1v) is 13.9. The number of benzene rings is 1. The van der Waals surface area contributed by atoms with Crippen molar-refractivity contribution in [3.63, 3.8) is 0 Å².